The van der Waals surface area contributed by atoms with Crippen LogP contribution in [-0.2, 0) is 62.5 Å². The van der Waals surface area contributed by atoms with E-state index in [9.17, 15) is 40.4 Å². The molecule has 0 radical (unpaired) electrons. The van der Waals surface area contributed by atoms with Crippen molar-refractivity contribution in [1.82, 2.24) is 34.5 Å². The average Bonchev–Trinajstić information content (AvgIpc) is 3.36. The molecule has 0 fully saturated rings. The maximum Gasteiger partial charge on any atom is 0.330 e. The van der Waals surface area contributed by atoms with Gasteiger partial charge < -0.3 is 29.9 Å². The van der Waals surface area contributed by atoms with Gasteiger partial charge in [0.2, 0.25) is 11.8 Å². The van der Waals surface area contributed by atoms with E-state index < -0.39 is 75.3 Å². The molecule has 0 bridgehead atoms. The lowest BCUT2D eigenvalue weighted by atomic mass is 10.0. The van der Waals surface area contributed by atoms with Crippen molar-refractivity contribution in [3.63, 3.8) is 0 Å². The molecule has 372 valence electrons. The molecule has 0 saturated heterocycles. The molecule has 6 N–H and O–H groups in total. The number of ether oxygens (including phenoxy) is 2. The molecule has 6 aromatic rings. The maximum atomic E-state index is 14.7. The van der Waals surface area contributed by atoms with Crippen LogP contribution in [0.2, 0.25) is 0 Å². The van der Waals surface area contributed by atoms with Crippen molar-refractivity contribution >= 4 is 55.7 Å². The molecular formula is C49H52FN9O10S2. The first kappa shape index (κ1) is 52.5. The van der Waals surface area contributed by atoms with Crippen LogP contribution in [0.5, 0.6) is 11.5 Å². The minimum absolute atomic E-state index is 0.0351. The highest BCUT2D eigenvalue weighted by atomic mass is 32.2. The van der Waals surface area contributed by atoms with Gasteiger partial charge in [0, 0.05) is 43.4 Å². The van der Waals surface area contributed by atoms with E-state index in [1.807, 2.05) is 9.44 Å². The van der Waals surface area contributed by atoms with Gasteiger partial charge in [0.1, 0.15) is 29.4 Å². The Morgan fingerprint density at radius 2 is 1.03 bits per heavy atom. The lowest BCUT2D eigenvalue weighted by Gasteiger charge is -2.28. The van der Waals surface area contributed by atoms with Crippen LogP contribution in [0.3, 0.4) is 0 Å². The van der Waals surface area contributed by atoms with Gasteiger partial charge in [-0.15, -0.1) is 0 Å². The van der Waals surface area contributed by atoms with E-state index in [1.54, 1.807) is 121 Å². The number of likely N-dealkylation sites (N-methyl/N-ethyl adjacent to an activating group) is 1. The van der Waals surface area contributed by atoms with Crippen molar-refractivity contribution in [3.8, 4) is 11.5 Å². The minimum Gasteiger partial charge on any atom is -0.497 e. The monoisotopic (exact) mass is 1010 g/mol. The van der Waals surface area contributed by atoms with Crippen molar-refractivity contribution in [2.75, 3.05) is 31.1 Å². The van der Waals surface area contributed by atoms with Crippen LogP contribution >= 0.6 is 0 Å². The predicted molar refractivity (Wildman–Crippen MR) is 264 cm³/mol. The smallest absolute Gasteiger partial charge is 0.330 e. The molecule has 1 aromatic heterocycles. The van der Waals surface area contributed by atoms with E-state index >= 15 is 0 Å². The molecule has 2 atom stereocenters. The number of nitrogens with one attached hydrogen (secondary N) is 6. The Kier molecular flexibility index (Phi) is 18.2. The molecule has 1 unspecified atom stereocenters. The molecule has 1 heterocycles. The standard InChI is InChI=1S/C49H52FN9O10S2/c1-58(39-21-25-41(68-2)26-22-39)46(60)44(29-34-13-6-4-7-14-34)54-48(62)57-71(66,67)52-32-37-18-12-19-38(53-37)33-59(40-23-27-42(69-3)28-24-40)47(61)45(30-35-15-8-5-9-16-35)55-49(63)56-70(64,65)51-31-36-17-10-11-20-43(36)50/h4-28,44-45,51-52H,29-33H2,1-3H3,(H2,54,57,62)(H2,55,56,63)/t44?,45-/m0/s1. The summed E-state index contributed by atoms with van der Waals surface area (Å²) in [6.07, 6.45) is -0.0409. The van der Waals surface area contributed by atoms with Crippen molar-refractivity contribution in [1.29, 1.82) is 0 Å². The molecule has 0 aliphatic carbocycles. The molecule has 0 aliphatic rings. The molecule has 0 aliphatic heterocycles. The first-order chi connectivity index (χ1) is 34.0. The second-order valence-corrected chi connectivity index (χ2v) is 18.7. The van der Waals surface area contributed by atoms with E-state index in [4.69, 9.17) is 9.47 Å². The first-order valence-electron chi connectivity index (χ1n) is 21.8. The number of benzene rings is 5. The third-order valence-corrected chi connectivity index (χ3v) is 12.7. The van der Waals surface area contributed by atoms with E-state index in [1.165, 1.54) is 55.3 Å². The molecule has 71 heavy (non-hydrogen) atoms. The first-order valence-corrected chi connectivity index (χ1v) is 24.8. The lowest BCUT2D eigenvalue weighted by molar-refractivity contribution is -0.121. The van der Waals surface area contributed by atoms with Crippen molar-refractivity contribution in [2.45, 2.75) is 44.6 Å². The highest BCUT2D eigenvalue weighted by Gasteiger charge is 2.30. The van der Waals surface area contributed by atoms with Gasteiger partial charge in [-0.25, -0.2) is 23.4 Å². The summed E-state index contributed by atoms with van der Waals surface area (Å²) in [4.78, 5) is 62.3. The number of nitrogens with zero attached hydrogens (tertiary/aromatic N) is 3. The Morgan fingerprint density at radius 1 is 0.563 bits per heavy atom. The fourth-order valence-corrected chi connectivity index (χ4v) is 8.50. The maximum absolute atomic E-state index is 14.7. The summed E-state index contributed by atoms with van der Waals surface area (Å²) in [5.41, 5.74) is 2.65. The van der Waals surface area contributed by atoms with E-state index in [2.05, 4.69) is 25.1 Å². The molecule has 6 rings (SSSR count). The number of rotatable bonds is 22. The van der Waals surface area contributed by atoms with E-state index in [0.717, 1.165) is 6.07 Å². The second kappa shape index (κ2) is 24.6. The quantitative estimate of drug-likeness (QED) is 0.0548. The zero-order valence-electron chi connectivity index (χ0n) is 38.7. The largest absolute Gasteiger partial charge is 0.497 e. The van der Waals surface area contributed by atoms with Gasteiger partial charge in [0.15, 0.2) is 0 Å². The van der Waals surface area contributed by atoms with Gasteiger partial charge >= 0.3 is 32.5 Å². The normalized spacial score (nSPS) is 12.1. The lowest BCUT2D eigenvalue weighted by Crippen LogP contribution is -2.54. The molecule has 6 amide bonds. The van der Waals surface area contributed by atoms with E-state index in [0.29, 0.717) is 34.0 Å². The van der Waals surface area contributed by atoms with Crippen LogP contribution in [0.1, 0.15) is 28.1 Å². The van der Waals surface area contributed by atoms with E-state index in [-0.39, 0.29) is 36.3 Å². The third kappa shape index (κ3) is 15.8. The highest BCUT2D eigenvalue weighted by Crippen LogP contribution is 2.24. The number of hydrogen-bond acceptors (Lipinski definition) is 11. The second-order valence-electron chi connectivity index (χ2n) is 15.7. The number of pyridine rings is 1. The number of anilines is 2. The Hall–Kier alpha value is -7.92. The summed E-state index contributed by atoms with van der Waals surface area (Å²) in [5, 5.41) is 4.97. The number of urea groups is 2. The van der Waals surface area contributed by atoms with Crippen LogP contribution in [0, 0.1) is 5.82 Å². The molecule has 19 nitrogen and oxygen atoms in total. The zero-order chi connectivity index (χ0) is 51.0. The number of carbonyl (C=O) groups excluding carboxylic acids is 4. The van der Waals surface area contributed by atoms with Crippen LogP contribution in [0.15, 0.2) is 152 Å². The number of amides is 6. The van der Waals surface area contributed by atoms with Crippen LogP contribution in [0.25, 0.3) is 0 Å². The minimum atomic E-state index is -4.57. The Bertz CT molecular complexity index is 2990. The van der Waals surface area contributed by atoms with Crippen molar-refractivity contribution in [2.24, 2.45) is 0 Å². The molecular weight excluding hydrogens is 958 g/mol. The fourth-order valence-electron chi connectivity index (χ4n) is 7.07. The van der Waals surface area contributed by atoms with Gasteiger partial charge in [-0.3, -0.25) is 14.6 Å². The summed E-state index contributed by atoms with van der Waals surface area (Å²) in [6.45, 7) is -1.11. The van der Waals surface area contributed by atoms with Crippen LogP contribution in [-0.4, -0.2) is 79.0 Å². The number of halogens is 1. The van der Waals surface area contributed by atoms with Gasteiger partial charge in [-0.1, -0.05) is 84.9 Å². The Balaban J connectivity index is 1.16. The predicted octanol–water partition coefficient (Wildman–Crippen LogP) is 4.62. The van der Waals surface area contributed by atoms with Gasteiger partial charge in [0.25, 0.3) is 0 Å². The number of carbonyl (C=O) groups is 4. The summed E-state index contributed by atoms with van der Waals surface area (Å²) < 4.78 is 85.2. The molecule has 22 heteroatoms. The van der Waals surface area contributed by atoms with Gasteiger partial charge in [-0.2, -0.15) is 26.3 Å². The zero-order valence-corrected chi connectivity index (χ0v) is 40.4. The molecule has 0 spiro atoms. The Morgan fingerprint density at radius 3 is 1.55 bits per heavy atom. The number of methoxy groups -OCH3 is 2. The SMILES string of the molecule is COc1ccc(N(C)C(=O)C(Cc2ccccc2)NC(=O)NS(=O)(=O)NCc2cccc(CN(C(=O)[C@H](Cc3ccccc3)NC(=O)NS(=O)(=O)NCc3ccccc3F)c3ccc(OC)cc3)n2)cc1. The topological polar surface area (TPSA) is 247 Å². The number of aromatic nitrogens is 1. The van der Waals surface area contributed by atoms with Crippen LogP contribution in [0.4, 0.5) is 25.4 Å². The van der Waals surface area contributed by atoms with Crippen LogP contribution < -0.4 is 48.8 Å². The van der Waals surface area contributed by atoms with Gasteiger partial charge in [0.05, 0.1) is 38.7 Å². The average molecular weight is 1010 g/mol. The Labute approximate surface area is 411 Å². The summed E-state index contributed by atoms with van der Waals surface area (Å²) >= 11 is 0. The van der Waals surface area contributed by atoms with Gasteiger partial charge in [-0.05, 0) is 77.9 Å². The third-order valence-electron chi connectivity index (χ3n) is 10.7. The molecule has 5 aromatic carbocycles. The molecule has 0 saturated carbocycles. The van der Waals surface area contributed by atoms with Crippen molar-refractivity contribution < 1.29 is 49.9 Å². The highest BCUT2D eigenvalue weighted by molar-refractivity contribution is 7.88. The summed E-state index contributed by atoms with van der Waals surface area (Å²) in [6, 6.07) is 35.8. The van der Waals surface area contributed by atoms with Crippen molar-refractivity contribution in [3.05, 3.63) is 186 Å². The fraction of sp³-hybridized carbons (Fsp3) is 0.204. The summed E-state index contributed by atoms with van der Waals surface area (Å²) in [5.74, 6) is -0.814. The summed E-state index contributed by atoms with van der Waals surface area (Å²) in [7, 11) is -4.61. The number of hydrogen-bond donors (Lipinski definition) is 6.